The maximum Gasteiger partial charge on any atom is 0.258 e. The second-order valence-electron chi connectivity index (χ2n) is 9.05. The lowest BCUT2D eigenvalue weighted by Crippen LogP contribution is -2.49. The molecule has 0 saturated carbocycles. The number of nitrogens with zero attached hydrogens (tertiary/aromatic N) is 2. The number of aromatic hydroxyl groups is 1. The molecule has 3 aromatic rings. The zero-order valence-electron chi connectivity index (χ0n) is 18.6. The van der Waals surface area contributed by atoms with Crippen molar-refractivity contribution in [3.05, 3.63) is 77.9 Å². The molecule has 2 heterocycles. The van der Waals surface area contributed by atoms with E-state index < -0.39 is 6.04 Å². The van der Waals surface area contributed by atoms with Crippen LogP contribution in [0.25, 0.3) is 10.8 Å². The lowest BCUT2D eigenvalue weighted by atomic mass is 10.0. The van der Waals surface area contributed by atoms with Crippen LogP contribution in [0.2, 0.25) is 0 Å². The average molecular weight is 444 g/mol. The van der Waals surface area contributed by atoms with Crippen LogP contribution < -0.4 is 5.32 Å². The van der Waals surface area contributed by atoms with Crippen molar-refractivity contribution in [1.82, 2.24) is 15.1 Å². The molecule has 2 fully saturated rings. The van der Waals surface area contributed by atoms with E-state index in [2.05, 4.69) is 22.3 Å². The van der Waals surface area contributed by atoms with Crippen LogP contribution in [0.4, 0.5) is 0 Å². The van der Waals surface area contributed by atoms with E-state index >= 15 is 0 Å². The van der Waals surface area contributed by atoms with E-state index in [0.717, 1.165) is 37.9 Å². The van der Waals surface area contributed by atoms with Gasteiger partial charge in [0.15, 0.2) is 0 Å². The highest BCUT2D eigenvalue weighted by atomic mass is 16.3. The second-order valence-corrected chi connectivity index (χ2v) is 9.05. The number of benzene rings is 3. The van der Waals surface area contributed by atoms with Crippen LogP contribution in [0, 0.1) is 0 Å². The molecule has 5 rings (SSSR count). The Kier molecular flexibility index (Phi) is 6.01. The fourth-order valence-corrected chi connectivity index (χ4v) is 5.10. The molecule has 170 valence electrons. The van der Waals surface area contributed by atoms with E-state index in [1.54, 1.807) is 17.0 Å². The minimum Gasteiger partial charge on any atom is -0.506 e. The maximum absolute atomic E-state index is 13.3. The highest BCUT2D eigenvalue weighted by molar-refractivity contribution is 6.05. The van der Waals surface area contributed by atoms with Gasteiger partial charge in [-0.3, -0.25) is 14.5 Å². The van der Waals surface area contributed by atoms with Gasteiger partial charge in [-0.05, 0) is 36.3 Å². The van der Waals surface area contributed by atoms with Crippen molar-refractivity contribution in [2.45, 2.75) is 37.9 Å². The highest BCUT2D eigenvalue weighted by Crippen LogP contribution is 2.31. The van der Waals surface area contributed by atoms with Gasteiger partial charge in [-0.15, -0.1) is 0 Å². The Morgan fingerprint density at radius 2 is 1.73 bits per heavy atom. The minimum absolute atomic E-state index is 0.0171. The predicted molar refractivity (Wildman–Crippen MR) is 128 cm³/mol. The summed E-state index contributed by atoms with van der Waals surface area (Å²) in [4.78, 5) is 30.4. The molecule has 2 aliphatic rings. The first kappa shape index (κ1) is 21.5. The summed E-state index contributed by atoms with van der Waals surface area (Å²) in [6.07, 6.45) is 2.33. The number of fused-ring (bicyclic) bond motifs is 1. The average Bonchev–Trinajstić information content (AvgIpc) is 3.50. The van der Waals surface area contributed by atoms with Gasteiger partial charge in [0.1, 0.15) is 11.8 Å². The quantitative estimate of drug-likeness (QED) is 0.633. The first-order valence-electron chi connectivity index (χ1n) is 11.7. The second kappa shape index (κ2) is 9.24. The summed E-state index contributed by atoms with van der Waals surface area (Å²) < 4.78 is 0. The number of rotatable bonds is 5. The standard InChI is InChI=1S/C27H29N3O3/c31-25-22-10-5-4-9-20(22)12-13-23(25)27(33)30-15-6-11-24(30)26(32)28-21-14-16-29(18-21)17-19-7-2-1-3-8-19/h1-5,7-10,12-13,21,24,31H,6,11,14-18H2,(H,28,32). The van der Waals surface area contributed by atoms with Gasteiger partial charge in [-0.1, -0.05) is 60.7 Å². The van der Waals surface area contributed by atoms with Gasteiger partial charge in [0.05, 0.1) is 5.56 Å². The molecule has 0 aliphatic carbocycles. The Labute approximate surface area is 193 Å². The van der Waals surface area contributed by atoms with Gasteiger partial charge in [-0.25, -0.2) is 0 Å². The minimum atomic E-state index is -0.494. The molecule has 2 unspecified atom stereocenters. The number of hydrogen-bond donors (Lipinski definition) is 2. The van der Waals surface area contributed by atoms with Crippen molar-refractivity contribution in [2.75, 3.05) is 19.6 Å². The SMILES string of the molecule is O=C(NC1CCN(Cc2ccccc2)C1)C1CCCN1C(=O)c1ccc2ccccc2c1O. The fraction of sp³-hybridized carbons (Fsp3) is 0.333. The van der Waals surface area contributed by atoms with Crippen LogP contribution in [0.15, 0.2) is 66.7 Å². The Hall–Kier alpha value is -3.38. The van der Waals surface area contributed by atoms with Crippen molar-refractivity contribution in [1.29, 1.82) is 0 Å². The largest absolute Gasteiger partial charge is 0.506 e. The Bertz CT molecular complexity index is 1160. The van der Waals surface area contributed by atoms with Crippen molar-refractivity contribution < 1.29 is 14.7 Å². The molecule has 0 spiro atoms. The van der Waals surface area contributed by atoms with Gasteiger partial charge in [-0.2, -0.15) is 0 Å². The van der Waals surface area contributed by atoms with Crippen LogP contribution in [0.1, 0.15) is 35.2 Å². The summed E-state index contributed by atoms with van der Waals surface area (Å²) in [6, 6.07) is 20.9. The zero-order valence-corrected chi connectivity index (χ0v) is 18.6. The normalized spacial score (nSPS) is 20.9. The summed E-state index contributed by atoms with van der Waals surface area (Å²) in [6.45, 7) is 3.15. The maximum atomic E-state index is 13.3. The molecular weight excluding hydrogens is 414 g/mol. The van der Waals surface area contributed by atoms with E-state index in [0.29, 0.717) is 18.4 Å². The van der Waals surface area contributed by atoms with Crippen LogP contribution in [0.3, 0.4) is 0 Å². The summed E-state index contributed by atoms with van der Waals surface area (Å²) in [5.41, 5.74) is 1.52. The number of carbonyl (C=O) groups excluding carboxylic acids is 2. The van der Waals surface area contributed by atoms with Gasteiger partial charge in [0.25, 0.3) is 5.91 Å². The van der Waals surface area contributed by atoms with E-state index in [1.165, 1.54) is 5.56 Å². The Morgan fingerprint density at radius 3 is 2.58 bits per heavy atom. The van der Waals surface area contributed by atoms with Crippen LogP contribution in [0.5, 0.6) is 5.75 Å². The highest BCUT2D eigenvalue weighted by Gasteiger charge is 2.37. The zero-order chi connectivity index (χ0) is 22.8. The number of carbonyl (C=O) groups is 2. The number of hydrogen-bond acceptors (Lipinski definition) is 4. The summed E-state index contributed by atoms with van der Waals surface area (Å²) in [7, 11) is 0. The lowest BCUT2D eigenvalue weighted by molar-refractivity contribution is -0.125. The first-order chi connectivity index (χ1) is 16.1. The van der Waals surface area contributed by atoms with Crippen molar-refractivity contribution >= 4 is 22.6 Å². The third kappa shape index (κ3) is 4.44. The smallest absolute Gasteiger partial charge is 0.258 e. The summed E-state index contributed by atoms with van der Waals surface area (Å²) in [5, 5.41) is 15.4. The van der Waals surface area contributed by atoms with E-state index in [1.807, 2.05) is 42.5 Å². The molecule has 2 N–H and O–H groups in total. The predicted octanol–water partition coefficient (Wildman–Crippen LogP) is 3.54. The molecule has 2 atom stereocenters. The Morgan fingerprint density at radius 1 is 0.939 bits per heavy atom. The van der Waals surface area contributed by atoms with Gasteiger partial charge in [0, 0.05) is 37.6 Å². The molecule has 6 nitrogen and oxygen atoms in total. The fourth-order valence-electron chi connectivity index (χ4n) is 5.10. The van der Waals surface area contributed by atoms with E-state index in [9.17, 15) is 14.7 Å². The number of amides is 2. The topological polar surface area (TPSA) is 72.9 Å². The van der Waals surface area contributed by atoms with E-state index in [-0.39, 0.29) is 29.2 Å². The van der Waals surface area contributed by atoms with Gasteiger partial charge in [0.2, 0.25) is 5.91 Å². The number of nitrogens with one attached hydrogen (secondary N) is 1. The van der Waals surface area contributed by atoms with E-state index in [4.69, 9.17) is 0 Å². The first-order valence-corrected chi connectivity index (χ1v) is 11.7. The third-order valence-electron chi connectivity index (χ3n) is 6.82. The summed E-state index contributed by atoms with van der Waals surface area (Å²) in [5.74, 6) is -0.391. The van der Waals surface area contributed by atoms with Gasteiger partial charge >= 0.3 is 0 Å². The van der Waals surface area contributed by atoms with Crippen LogP contribution >= 0.6 is 0 Å². The van der Waals surface area contributed by atoms with Crippen molar-refractivity contribution in [2.24, 2.45) is 0 Å². The molecule has 2 aliphatic heterocycles. The van der Waals surface area contributed by atoms with Gasteiger partial charge < -0.3 is 15.3 Å². The third-order valence-corrected chi connectivity index (χ3v) is 6.82. The van der Waals surface area contributed by atoms with Crippen LogP contribution in [-0.2, 0) is 11.3 Å². The molecule has 2 saturated heterocycles. The van der Waals surface area contributed by atoms with Crippen LogP contribution in [-0.4, -0.2) is 58.4 Å². The van der Waals surface area contributed by atoms with Crippen molar-refractivity contribution in [3.8, 4) is 5.75 Å². The van der Waals surface area contributed by atoms with Crippen molar-refractivity contribution in [3.63, 3.8) is 0 Å². The molecule has 0 radical (unpaired) electrons. The number of likely N-dealkylation sites (tertiary alicyclic amines) is 2. The molecule has 3 aromatic carbocycles. The number of phenols is 1. The molecular formula is C27H29N3O3. The summed E-state index contributed by atoms with van der Waals surface area (Å²) >= 11 is 0. The molecule has 33 heavy (non-hydrogen) atoms. The molecule has 6 heteroatoms. The molecule has 0 bridgehead atoms. The Balaban J connectivity index is 1.24. The number of phenolic OH excluding ortho intramolecular Hbond substituents is 1. The molecule has 0 aromatic heterocycles. The lowest BCUT2D eigenvalue weighted by Gasteiger charge is -2.26. The monoisotopic (exact) mass is 443 g/mol. The molecule has 2 amide bonds.